The minimum Gasteiger partial charge on any atom is -0.465 e. The second-order valence-electron chi connectivity index (χ2n) is 3.63. The quantitative estimate of drug-likeness (QED) is 0.548. The van der Waals surface area contributed by atoms with E-state index in [1.165, 1.54) is 11.8 Å². The van der Waals surface area contributed by atoms with E-state index in [-0.39, 0.29) is 17.5 Å². The highest BCUT2D eigenvalue weighted by molar-refractivity contribution is 9.10. The van der Waals surface area contributed by atoms with Crippen molar-refractivity contribution in [3.05, 3.63) is 28.7 Å². The zero-order chi connectivity index (χ0) is 14.3. The van der Waals surface area contributed by atoms with Crippen LogP contribution in [-0.2, 0) is 19.4 Å². The van der Waals surface area contributed by atoms with E-state index in [4.69, 9.17) is 4.74 Å². The van der Waals surface area contributed by atoms with Crippen LogP contribution in [0.3, 0.4) is 0 Å². The lowest BCUT2D eigenvalue weighted by Crippen LogP contribution is -2.12. The molecule has 0 atom stereocenters. The van der Waals surface area contributed by atoms with Gasteiger partial charge in [0.1, 0.15) is 0 Å². The molecule has 0 aliphatic carbocycles. The van der Waals surface area contributed by atoms with Crippen LogP contribution in [0.2, 0.25) is 0 Å². The second kappa shape index (κ2) is 7.91. The first kappa shape index (κ1) is 16.5. The van der Waals surface area contributed by atoms with Crippen molar-refractivity contribution in [3.63, 3.8) is 0 Å². The first-order valence-electron chi connectivity index (χ1n) is 5.67. The minimum atomic E-state index is -3.28. The lowest BCUT2D eigenvalue weighted by Gasteiger charge is -2.05. The number of rotatable bonds is 7. The number of benzene rings is 1. The average Bonchev–Trinajstić information content (AvgIpc) is 2.36. The summed E-state index contributed by atoms with van der Waals surface area (Å²) >= 11 is 4.52. The number of halogens is 1. The van der Waals surface area contributed by atoms with Gasteiger partial charge in [0.05, 0.1) is 23.0 Å². The maximum atomic E-state index is 12.0. The summed E-state index contributed by atoms with van der Waals surface area (Å²) in [5.74, 6) is 0.258. The Bertz CT molecular complexity index is 511. The molecule has 19 heavy (non-hydrogen) atoms. The lowest BCUT2D eigenvalue weighted by atomic mass is 10.4. The highest BCUT2D eigenvalue weighted by atomic mass is 79.9. The van der Waals surface area contributed by atoms with Crippen molar-refractivity contribution in [2.24, 2.45) is 0 Å². The van der Waals surface area contributed by atoms with Crippen LogP contribution in [-0.4, -0.2) is 38.3 Å². The minimum absolute atomic E-state index is 0.0126. The summed E-state index contributed by atoms with van der Waals surface area (Å²) in [6, 6.07) is 6.52. The van der Waals surface area contributed by atoms with E-state index in [1.807, 2.05) is 0 Å². The van der Waals surface area contributed by atoms with Gasteiger partial charge in [0, 0.05) is 10.2 Å². The molecule has 0 fully saturated rings. The molecule has 0 unspecified atom stereocenters. The Labute approximate surface area is 126 Å². The molecule has 0 heterocycles. The van der Waals surface area contributed by atoms with E-state index < -0.39 is 9.84 Å². The third-order valence-electron chi connectivity index (χ3n) is 2.19. The number of esters is 1. The van der Waals surface area contributed by atoms with Crippen LogP contribution in [0.1, 0.15) is 6.92 Å². The predicted molar refractivity (Wildman–Crippen MR) is 80.2 cm³/mol. The molecule has 0 amide bonds. The number of hydrogen-bond acceptors (Lipinski definition) is 5. The zero-order valence-corrected chi connectivity index (χ0v) is 13.7. The van der Waals surface area contributed by atoms with Gasteiger partial charge in [-0.1, -0.05) is 15.9 Å². The van der Waals surface area contributed by atoms with Crippen molar-refractivity contribution in [1.82, 2.24) is 0 Å². The summed E-state index contributed by atoms with van der Waals surface area (Å²) in [7, 11) is -3.28. The highest BCUT2D eigenvalue weighted by Crippen LogP contribution is 2.17. The van der Waals surface area contributed by atoms with E-state index in [9.17, 15) is 13.2 Å². The summed E-state index contributed by atoms with van der Waals surface area (Å²) in [6.07, 6.45) is 0. The normalized spacial score (nSPS) is 11.3. The Balaban J connectivity index is 2.43. The van der Waals surface area contributed by atoms with Gasteiger partial charge < -0.3 is 4.74 Å². The van der Waals surface area contributed by atoms with Crippen LogP contribution >= 0.6 is 27.7 Å². The standard InChI is InChI=1S/C12H15BrO4S2/c1-2-17-12(14)9-18-7-8-19(15,16)11-5-3-10(13)4-6-11/h3-6H,2,7-9H2,1H3. The molecule has 0 aliphatic rings. The molecule has 0 bridgehead atoms. The largest absolute Gasteiger partial charge is 0.465 e. The molecule has 0 saturated heterocycles. The number of sulfone groups is 1. The highest BCUT2D eigenvalue weighted by Gasteiger charge is 2.14. The fraction of sp³-hybridized carbons (Fsp3) is 0.417. The zero-order valence-electron chi connectivity index (χ0n) is 10.5. The Morgan fingerprint density at radius 1 is 1.32 bits per heavy atom. The van der Waals surface area contributed by atoms with Crippen molar-refractivity contribution >= 4 is 43.5 Å². The van der Waals surface area contributed by atoms with Gasteiger partial charge in [0.2, 0.25) is 0 Å². The molecular formula is C12H15BrO4S2. The van der Waals surface area contributed by atoms with Gasteiger partial charge in [-0.15, -0.1) is 11.8 Å². The maximum absolute atomic E-state index is 12.0. The lowest BCUT2D eigenvalue weighted by molar-refractivity contribution is -0.139. The van der Waals surface area contributed by atoms with E-state index in [0.717, 1.165) is 4.47 Å². The number of carbonyl (C=O) groups is 1. The molecule has 0 N–H and O–H groups in total. The molecule has 0 spiro atoms. The molecule has 1 aromatic carbocycles. The number of hydrogen-bond donors (Lipinski definition) is 0. The van der Waals surface area contributed by atoms with E-state index in [2.05, 4.69) is 15.9 Å². The topological polar surface area (TPSA) is 60.4 Å². The van der Waals surface area contributed by atoms with E-state index in [1.54, 1.807) is 31.2 Å². The Kier molecular flexibility index (Phi) is 6.88. The summed E-state index contributed by atoms with van der Waals surface area (Å²) in [6.45, 7) is 2.08. The van der Waals surface area contributed by atoms with Gasteiger partial charge in [-0.3, -0.25) is 4.79 Å². The fourth-order valence-electron chi connectivity index (χ4n) is 1.29. The smallest absolute Gasteiger partial charge is 0.315 e. The first-order chi connectivity index (χ1) is 8.95. The van der Waals surface area contributed by atoms with Crippen molar-refractivity contribution in [2.75, 3.05) is 23.9 Å². The molecule has 106 valence electrons. The molecular weight excluding hydrogens is 352 g/mol. The van der Waals surface area contributed by atoms with Gasteiger partial charge in [-0.25, -0.2) is 8.42 Å². The van der Waals surface area contributed by atoms with Gasteiger partial charge in [-0.05, 0) is 31.2 Å². The Morgan fingerprint density at radius 2 is 1.95 bits per heavy atom. The van der Waals surface area contributed by atoms with Crippen LogP contribution in [0, 0.1) is 0 Å². The third kappa shape index (κ3) is 5.97. The van der Waals surface area contributed by atoms with Gasteiger partial charge in [0.25, 0.3) is 0 Å². The molecule has 4 nitrogen and oxygen atoms in total. The first-order valence-corrected chi connectivity index (χ1v) is 9.27. The molecule has 0 saturated carbocycles. The Hall–Kier alpha value is -0.530. The molecule has 0 aromatic heterocycles. The van der Waals surface area contributed by atoms with Crippen LogP contribution in [0.15, 0.2) is 33.6 Å². The van der Waals surface area contributed by atoms with E-state index in [0.29, 0.717) is 17.3 Å². The molecule has 1 rings (SSSR count). The average molecular weight is 367 g/mol. The Morgan fingerprint density at radius 3 is 2.53 bits per heavy atom. The number of ether oxygens (including phenoxy) is 1. The van der Waals surface area contributed by atoms with Crippen molar-refractivity contribution in [2.45, 2.75) is 11.8 Å². The SMILES string of the molecule is CCOC(=O)CSCCS(=O)(=O)c1ccc(Br)cc1. The fourth-order valence-corrected chi connectivity index (χ4v) is 4.08. The third-order valence-corrected chi connectivity index (χ3v) is 5.65. The summed E-state index contributed by atoms with van der Waals surface area (Å²) < 4.78 is 29.5. The second-order valence-corrected chi connectivity index (χ2v) is 7.76. The van der Waals surface area contributed by atoms with Crippen molar-refractivity contribution in [3.8, 4) is 0 Å². The van der Waals surface area contributed by atoms with Crippen LogP contribution in [0.5, 0.6) is 0 Å². The summed E-state index contributed by atoms with van der Waals surface area (Å²) in [4.78, 5) is 11.4. The van der Waals surface area contributed by atoms with Crippen molar-refractivity contribution < 1.29 is 17.9 Å². The van der Waals surface area contributed by atoms with Gasteiger partial charge in [0.15, 0.2) is 9.84 Å². The van der Waals surface area contributed by atoms with Crippen molar-refractivity contribution in [1.29, 1.82) is 0 Å². The van der Waals surface area contributed by atoms with Gasteiger partial charge in [-0.2, -0.15) is 0 Å². The molecule has 1 aromatic rings. The number of thioether (sulfide) groups is 1. The molecule has 7 heteroatoms. The summed E-state index contributed by atoms with van der Waals surface area (Å²) in [5.41, 5.74) is 0. The number of carbonyl (C=O) groups excluding carboxylic acids is 1. The predicted octanol–water partition coefficient (Wildman–Crippen LogP) is 2.52. The van der Waals surface area contributed by atoms with Crippen LogP contribution in [0.4, 0.5) is 0 Å². The van der Waals surface area contributed by atoms with E-state index >= 15 is 0 Å². The maximum Gasteiger partial charge on any atom is 0.315 e. The summed E-state index contributed by atoms with van der Waals surface area (Å²) in [5, 5.41) is 0. The van der Waals surface area contributed by atoms with Crippen LogP contribution < -0.4 is 0 Å². The molecule has 0 radical (unpaired) electrons. The molecule has 0 aliphatic heterocycles. The van der Waals surface area contributed by atoms with Crippen LogP contribution in [0.25, 0.3) is 0 Å². The monoisotopic (exact) mass is 366 g/mol. The van der Waals surface area contributed by atoms with Gasteiger partial charge >= 0.3 is 5.97 Å².